The largest absolute Gasteiger partial charge is 0.481 e. The van der Waals surface area contributed by atoms with Crippen LogP contribution in [0.15, 0.2) is 60.8 Å². The minimum Gasteiger partial charge on any atom is -0.481 e. The Labute approximate surface area is 224 Å². The minimum atomic E-state index is -1.61. The third-order valence-electron chi connectivity index (χ3n) is 6.05. The number of carboxylic acid groups (broad SMARTS) is 2. The van der Waals surface area contributed by atoms with E-state index in [4.69, 9.17) is 5.73 Å². The zero-order valence-corrected chi connectivity index (χ0v) is 21.2. The van der Waals surface area contributed by atoms with Crippen molar-refractivity contribution in [2.75, 3.05) is 0 Å². The summed E-state index contributed by atoms with van der Waals surface area (Å²) < 4.78 is 0. The molecule has 0 fully saturated rings. The second-order valence-electron chi connectivity index (χ2n) is 9.16. The van der Waals surface area contributed by atoms with Crippen LogP contribution < -0.4 is 21.7 Å². The van der Waals surface area contributed by atoms with Crippen LogP contribution in [0.5, 0.6) is 0 Å². The number of aromatic amines is 1. The Morgan fingerprint density at radius 2 is 1.38 bits per heavy atom. The highest BCUT2D eigenvalue weighted by Crippen LogP contribution is 2.19. The standard InChI is InChI=1S/C27H31N5O7/c1-15(28)24(35)30-20(12-17-14-29-19-10-6-5-9-18(17)19)25(36)31-21(13-23(33)34)26(37)32-22(27(38)39)11-16-7-3-2-4-8-16/h2-10,14-15,20-22,29H,11-13,28H2,1H3,(H,30,35)(H,31,36)(H,32,37)(H,33,34)(H,38,39). The Balaban J connectivity index is 1.80. The van der Waals surface area contributed by atoms with Crippen molar-refractivity contribution in [3.05, 3.63) is 71.9 Å². The number of nitrogens with two attached hydrogens (primary N) is 1. The predicted molar refractivity (Wildman–Crippen MR) is 141 cm³/mol. The molecular weight excluding hydrogens is 506 g/mol. The summed E-state index contributed by atoms with van der Waals surface area (Å²) in [6, 6.07) is 10.8. The maximum atomic E-state index is 13.3. The number of fused-ring (bicyclic) bond motifs is 1. The Hall–Kier alpha value is -4.71. The molecule has 4 unspecified atom stereocenters. The highest BCUT2D eigenvalue weighted by Gasteiger charge is 2.32. The molecular formula is C27H31N5O7. The zero-order valence-electron chi connectivity index (χ0n) is 21.2. The Morgan fingerprint density at radius 1 is 0.795 bits per heavy atom. The molecule has 39 heavy (non-hydrogen) atoms. The lowest BCUT2D eigenvalue weighted by Crippen LogP contribution is -2.58. The molecule has 0 saturated heterocycles. The van der Waals surface area contributed by atoms with Crippen molar-refractivity contribution in [2.45, 2.75) is 50.4 Å². The van der Waals surface area contributed by atoms with Crippen molar-refractivity contribution in [3.63, 3.8) is 0 Å². The summed E-state index contributed by atoms with van der Waals surface area (Å²) in [5, 5.41) is 27.0. The lowest BCUT2D eigenvalue weighted by atomic mass is 10.0. The summed E-state index contributed by atoms with van der Waals surface area (Å²) in [7, 11) is 0. The van der Waals surface area contributed by atoms with Gasteiger partial charge in [-0.25, -0.2) is 4.79 Å². The summed E-state index contributed by atoms with van der Waals surface area (Å²) in [6.45, 7) is 1.44. The average molecular weight is 538 g/mol. The van der Waals surface area contributed by atoms with E-state index in [0.29, 0.717) is 11.1 Å². The van der Waals surface area contributed by atoms with Gasteiger partial charge in [-0.05, 0) is 24.1 Å². The second-order valence-corrected chi connectivity index (χ2v) is 9.16. The molecule has 4 atom stereocenters. The second kappa shape index (κ2) is 13.2. The van der Waals surface area contributed by atoms with Gasteiger partial charge in [-0.2, -0.15) is 0 Å². The first kappa shape index (κ1) is 28.9. The van der Waals surface area contributed by atoms with Crippen LogP contribution in [0.4, 0.5) is 0 Å². The van der Waals surface area contributed by atoms with Gasteiger partial charge in [0.05, 0.1) is 12.5 Å². The Bertz CT molecular complexity index is 1340. The molecule has 0 aliphatic rings. The number of rotatable bonds is 13. The van der Waals surface area contributed by atoms with Gasteiger partial charge >= 0.3 is 11.9 Å². The molecule has 12 nitrogen and oxygen atoms in total. The molecule has 2 aromatic carbocycles. The van der Waals surface area contributed by atoms with Crippen LogP contribution in [0, 0.1) is 0 Å². The molecule has 0 aliphatic heterocycles. The van der Waals surface area contributed by atoms with Crippen LogP contribution >= 0.6 is 0 Å². The topological polar surface area (TPSA) is 204 Å². The van der Waals surface area contributed by atoms with Crippen LogP contribution in [0.2, 0.25) is 0 Å². The number of aliphatic carboxylic acids is 2. The lowest BCUT2D eigenvalue weighted by Gasteiger charge is -2.24. The molecule has 1 heterocycles. The maximum absolute atomic E-state index is 13.3. The summed E-state index contributed by atoms with van der Waals surface area (Å²) in [5.74, 6) is -5.15. The Kier molecular flexibility index (Phi) is 9.76. The fraction of sp³-hybridized carbons (Fsp3) is 0.296. The van der Waals surface area contributed by atoms with Gasteiger partial charge in [0.15, 0.2) is 0 Å². The van der Waals surface area contributed by atoms with Gasteiger partial charge in [0.25, 0.3) is 0 Å². The number of amides is 3. The van der Waals surface area contributed by atoms with E-state index in [0.717, 1.165) is 10.9 Å². The molecule has 3 rings (SSSR count). The highest BCUT2D eigenvalue weighted by molar-refractivity contribution is 5.96. The number of hydrogen-bond donors (Lipinski definition) is 7. The van der Waals surface area contributed by atoms with Gasteiger partial charge in [-0.15, -0.1) is 0 Å². The number of para-hydroxylation sites is 1. The van der Waals surface area contributed by atoms with Crippen LogP contribution in [-0.2, 0) is 36.8 Å². The van der Waals surface area contributed by atoms with Crippen molar-refractivity contribution < 1.29 is 34.2 Å². The third-order valence-corrected chi connectivity index (χ3v) is 6.05. The first-order chi connectivity index (χ1) is 18.5. The highest BCUT2D eigenvalue weighted by atomic mass is 16.4. The lowest BCUT2D eigenvalue weighted by molar-refractivity contribution is -0.143. The van der Waals surface area contributed by atoms with Gasteiger partial charge in [-0.3, -0.25) is 19.2 Å². The number of carboxylic acids is 2. The first-order valence-electron chi connectivity index (χ1n) is 12.3. The molecule has 12 heteroatoms. The van der Waals surface area contributed by atoms with E-state index in [1.165, 1.54) is 6.92 Å². The van der Waals surface area contributed by atoms with E-state index in [1.807, 2.05) is 24.3 Å². The smallest absolute Gasteiger partial charge is 0.326 e. The number of aromatic nitrogens is 1. The van der Waals surface area contributed by atoms with E-state index in [1.54, 1.807) is 36.5 Å². The summed E-state index contributed by atoms with van der Waals surface area (Å²) in [5.41, 5.74) is 7.81. The summed E-state index contributed by atoms with van der Waals surface area (Å²) >= 11 is 0. The van der Waals surface area contributed by atoms with E-state index < -0.39 is 60.2 Å². The Morgan fingerprint density at radius 3 is 2.03 bits per heavy atom. The fourth-order valence-electron chi connectivity index (χ4n) is 4.01. The summed E-state index contributed by atoms with van der Waals surface area (Å²) in [4.78, 5) is 65.1. The number of carbonyl (C=O) groups is 5. The number of hydrogen-bond acceptors (Lipinski definition) is 6. The van der Waals surface area contributed by atoms with Crippen molar-refractivity contribution in [1.82, 2.24) is 20.9 Å². The van der Waals surface area contributed by atoms with E-state index in [2.05, 4.69) is 20.9 Å². The molecule has 0 aliphatic carbocycles. The van der Waals surface area contributed by atoms with Crippen molar-refractivity contribution in [2.24, 2.45) is 5.73 Å². The average Bonchev–Trinajstić information content (AvgIpc) is 3.30. The number of H-pyrrole nitrogens is 1. The van der Waals surface area contributed by atoms with Crippen molar-refractivity contribution in [3.8, 4) is 0 Å². The van der Waals surface area contributed by atoms with E-state index in [9.17, 15) is 34.2 Å². The SMILES string of the molecule is CC(N)C(=O)NC(Cc1c[nH]c2ccccc12)C(=O)NC(CC(=O)O)C(=O)NC(Cc1ccccc1)C(=O)O. The minimum absolute atomic E-state index is 0.0154. The fourth-order valence-corrected chi connectivity index (χ4v) is 4.01. The zero-order chi connectivity index (χ0) is 28.5. The molecule has 206 valence electrons. The maximum Gasteiger partial charge on any atom is 0.326 e. The number of benzene rings is 2. The summed E-state index contributed by atoms with van der Waals surface area (Å²) in [6.07, 6.45) is 0.840. The van der Waals surface area contributed by atoms with Crippen molar-refractivity contribution in [1.29, 1.82) is 0 Å². The normalized spacial score (nSPS) is 14.0. The predicted octanol–water partition coefficient (Wildman–Crippen LogP) is 0.314. The van der Waals surface area contributed by atoms with Crippen LogP contribution in [0.25, 0.3) is 10.9 Å². The van der Waals surface area contributed by atoms with Gasteiger partial charge in [0.1, 0.15) is 18.1 Å². The van der Waals surface area contributed by atoms with Gasteiger partial charge in [0.2, 0.25) is 17.7 Å². The van der Waals surface area contributed by atoms with E-state index >= 15 is 0 Å². The molecule has 3 aromatic rings. The molecule has 1 aromatic heterocycles. The molecule has 0 bridgehead atoms. The van der Waals surface area contributed by atoms with Gasteiger partial charge in [0, 0.05) is 29.9 Å². The third kappa shape index (κ3) is 8.14. The number of nitrogens with one attached hydrogen (secondary N) is 4. The monoisotopic (exact) mass is 537 g/mol. The van der Waals surface area contributed by atoms with Crippen LogP contribution in [-0.4, -0.2) is 69.0 Å². The number of carbonyl (C=O) groups excluding carboxylic acids is 3. The van der Waals surface area contributed by atoms with Gasteiger partial charge in [-0.1, -0.05) is 48.5 Å². The first-order valence-corrected chi connectivity index (χ1v) is 12.3. The molecule has 0 saturated carbocycles. The van der Waals surface area contributed by atoms with Crippen molar-refractivity contribution >= 4 is 40.6 Å². The van der Waals surface area contributed by atoms with Crippen LogP contribution in [0.3, 0.4) is 0 Å². The van der Waals surface area contributed by atoms with E-state index in [-0.39, 0.29) is 12.8 Å². The molecule has 3 amide bonds. The molecule has 8 N–H and O–H groups in total. The van der Waals surface area contributed by atoms with Gasteiger partial charge < -0.3 is 36.9 Å². The molecule has 0 radical (unpaired) electrons. The quantitative estimate of drug-likeness (QED) is 0.161. The molecule has 0 spiro atoms. The van der Waals surface area contributed by atoms with Crippen LogP contribution in [0.1, 0.15) is 24.5 Å².